The van der Waals surface area contributed by atoms with Gasteiger partial charge < -0.3 is 30.3 Å². The molecule has 0 radical (unpaired) electrons. The monoisotopic (exact) mass is 581 g/mol. The van der Waals surface area contributed by atoms with Crippen LogP contribution in [-0.4, -0.2) is 82.0 Å². The first-order valence-corrected chi connectivity index (χ1v) is 15.3. The van der Waals surface area contributed by atoms with Crippen LogP contribution in [-0.2, 0) is 10.3 Å². The molecule has 0 bridgehead atoms. The van der Waals surface area contributed by atoms with E-state index in [1.807, 2.05) is 53.6 Å². The number of aromatic nitrogens is 3. The standard InChI is InChI=1S/C33H39N7O3/c1-24-5-9-26(10-6-24)33(42)14-18-38(19-15-33)28-4-2-17-40-29(28)36-31(37-40)35-27-11-7-25(8-12-27)30(41)39-20-21-43-32(23-39)13-3-16-34-22-32/h2,4-12,17,34,42H,3,13-16,18-23H2,1H3,(H,35,37). The predicted molar refractivity (Wildman–Crippen MR) is 166 cm³/mol. The Bertz CT molecular complexity index is 1580. The maximum atomic E-state index is 13.3. The minimum absolute atomic E-state index is 0.0334. The number of rotatable bonds is 5. The molecule has 0 aliphatic carbocycles. The Morgan fingerprint density at radius 3 is 2.56 bits per heavy atom. The van der Waals surface area contributed by atoms with Crippen molar-refractivity contribution < 1.29 is 14.6 Å². The molecule has 5 heterocycles. The molecule has 4 aromatic rings. The number of morpholine rings is 1. The zero-order valence-electron chi connectivity index (χ0n) is 24.6. The van der Waals surface area contributed by atoms with Crippen molar-refractivity contribution >= 4 is 28.9 Å². The van der Waals surface area contributed by atoms with E-state index >= 15 is 0 Å². The lowest BCUT2D eigenvalue weighted by atomic mass is 9.84. The maximum Gasteiger partial charge on any atom is 0.254 e. The van der Waals surface area contributed by atoms with Crippen molar-refractivity contribution in [2.45, 2.75) is 43.8 Å². The van der Waals surface area contributed by atoms with Gasteiger partial charge in [-0.1, -0.05) is 29.8 Å². The van der Waals surface area contributed by atoms with E-state index in [0.717, 1.165) is 61.6 Å². The number of ether oxygens (including phenoxy) is 1. The number of amides is 1. The average molecular weight is 582 g/mol. The topological polar surface area (TPSA) is 107 Å². The Hall–Kier alpha value is -3.99. The van der Waals surface area contributed by atoms with E-state index in [1.165, 1.54) is 5.56 Å². The fourth-order valence-electron chi connectivity index (χ4n) is 6.69. The maximum absolute atomic E-state index is 13.3. The van der Waals surface area contributed by atoms with Gasteiger partial charge in [-0.3, -0.25) is 4.79 Å². The van der Waals surface area contributed by atoms with Crippen molar-refractivity contribution in [3.63, 3.8) is 0 Å². The van der Waals surface area contributed by atoms with Gasteiger partial charge in [0, 0.05) is 43.6 Å². The number of fused-ring (bicyclic) bond motifs is 1. The molecule has 1 atom stereocenters. The highest BCUT2D eigenvalue weighted by molar-refractivity contribution is 5.94. The van der Waals surface area contributed by atoms with Crippen molar-refractivity contribution in [1.82, 2.24) is 24.8 Å². The number of aliphatic hydroxyl groups is 1. The molecule has 10 nitrogen and oxygen atoms in total. The third-order valence-electron chi connectivity index (χ3n) is 9.22. The summed E-state index contributed by atoms with van der Waals surface area (Å²) < 4.78 is 7.90. The molecule has 3 aliphatic rings. The fourth-order valence-corrected chi connectivity index (χ4v) is 6.69. The Labute approximate surface area is 251 Å². The summed E-state index contributed by atoms with van der Waals surface area (Å²) in [5.74, 6) is 0.519. The second-order valence-electron chi connectivity index (χ2n) is 12.2. The highest BCUT2D eigenvalue weighted by Crippen LogP contribution is 2.36. The first-order valence-electron chi connectivity index (χ1n) is 15.3. The molecule has 1 spiro atoms. The number of nitrogens with zero attached hydrogens (tertiary/aromatic N) is 5. The number of piperidine rings is 2. The molecule has 3 saturated heterocycles. The van der Waals surface area contributed by atoms with E-state index in [2.05, 4.69) is 45.8 Å². The summed E-state index contributed by atoms with van der Waals surface area (Å²) in [6, 6.07) is 19.7. The number of hydrogen-bond acceptors (Lipinski definition) is 8. The molecule has 3 aliphatic heterocycles. The molecule has 0 saturated carbocycles. The molecule has 3 N–H and O–H groups in total. The minimum Gasteiger partial charge on any atom is -0.385 e. The van der Waals surface area contributed by atoms with Crippen molar-refractivity contribution in [3.8, 4) is 0 Å². The molecule has 1 amide bonds. The summed E-state index contributed by atoms with van der Waals surface area (Å²) in [5, 5.41) is 22.7. The SMILES string of the molecule is Cc1ccc(C2(O)CCN(c3cccn4nc(Nc5ccc(C(=O)N6CCOC7(CCCNC7)C6)cc5)nc34)CC2)cc1. The van der Waals surface area contributed by atoms with Crippen LogP contribution < -0.4 is 15.5 Å². The lowest BCUT2D eigenvalue weighted by Gasteiger charge is -2.45. The number of pyridine rings is 1. The summed E-state index contributed by atoms with van der Waals surface area (Å²) in [5.41, 5.74) is 4.31. The number of benzene rings is 2. The number of anilines is 3. The van der Waals surface area contributed by atoms with E-state index < -0.39 is 5.60 Å². The van der Waals surface area contributed by atoms with Crippen LogP contribution in [0.15, 0.2) is 66.9 Å². The van der Waals surface area contributed by atoms with Gasteiger partial charge >= 0.3 is 0 Å². The van der Waals surface area contributed by atoms with Crippen LogP contribution in [0.5, 0.6) is 0 Å². The Morgan fingerprint density at radius 2 is 1.81 bits per heavy atom. The second kappa shape index (κ2) is 11.3. The zero-order valence-corrected chi connectivity index (χ0v) is 24.6. The van der Waals surface area contributed by atoms with Crippen LogP contribution in [0.25, 0.3) is 5.65 Å². The molecule has 224 valence electrons. The van der Waals surface area contributed by atoms with Crippen molar-refractivity contribution in [1.29, 1.82) is 0 Å². The Balaban J connectivity index is 1.02. The van der Waals surface area contributed by atoms with Crippen LogP contribution in [0.1, 0.15) is 47.2 Å². The van der Waals surface area contributed by atoms with Crippen molar-refractivity contribution in [3.05, 3.63) is 83.6 Å². The molecule has 2 aromatic heterocycles. The third-order valence-corrected chi connectivity index (χ3v) is 9.22. The summed E-state index contributed by atoms with van der Waals surface area (Å²) in [4.78, 5) is 22.3. The number of aryl methyl sites for hydroxylation is 1. The molecule has 7 rings (SSSR count). The van der Waals surface area contributed by atoms with Crippen LogP contribution in [0.3, 0.4) is 0 Å². The summed E-state index contributed by atoms with van der Waals surface area (Å²) in [6.07, 6.45) is 5.22. The van der Waals surface area contributed by atoms with Crippen LogP contribution in [0, 0.1) is 6.92 Å². The lowest BCUT2D eigenvalue weighted by Crippen LogP contribution is -2.59. The number of carbonyl (C=O) groups is 1. The normalized spacial score (nSPS) is 22.2. The van der Waals surface area contributed by atoms with Gasteiger partial charge in [-0.15, -0.1) is 5.10 Å². The van der Waals surface area contributed by atoms with Gasteiger partial charge in [-0.25, -0.2) is 4.52 Å². The fraction of sp³-hybridized carbons (Fsp3) is 0.424. The minimum atomic E-state index is -0.820. The molecule has 3 fully saturated rings. The van der Waals surface area contributed by atoms with Gasteiger partial charge in [0.2, 0.25) is 5.95 Å². The first-order chi connectivity index (χ1) is 20.9. The highest BCUT2D eigenvalue weighted by atomic mass is 16.5. The van der Waals surface area contributed by atoms with Gasteiger partial charge in [-0.2, -0.15) is 4.98 Å². The van der Waals surface area contributed by atoms with Gasteiger partial charge in [-0.05, 0) is 81.1 Å². The Morgan fingerprint density at radius 1 is 1.02 bits per heavy atom. The molecule has 1 unspecified atom stereocenters. The molecule has 43 heavy (non-hydrogen) atoms. The quantitative estimate of drug-likeness (QED) is 0.326. The van der Waals surface area contributed by atoms with Gasteiger partial charge in [0.15, 0.2) is 5.65 Å². The van der Waals surface area contributed by atoms with E-state index in [-0.39, 0.29) is 11.5 Å². The van der Waals surface area contributed by atoms with Gasteiger partial charge in [0.1, 0.15) is 0 Å². The molecular formula is C33H39N7O3. The van der Waals surface area contributed by atoms with Gasteiger partial charge in [0.05, 0.1) is 30.0 Å². The summed E-state index contributed by atoms with van der Waals surface area (Å²) in [6.45, 7) is 7.09. The van der Waals surface area contributed by atoms with Crippen molar-refractivity contribution in [2.24, 2.45) is 0 Å². The Kier molecular flexibility index (Phi) is 7.28. The highest BCUT2D eigenvalue weighted by Gasteiger charge is 2.39. The largest absolute Gasteiger partial charge is 0.385 e. The van der Waals surface area contributed by atoms with E-state index in [1.54, 1.807) is 4.52 Å². The van der Waals surface area contributed by atoms with Crippen LogP contribution >= 0.6 is 0 Å². The molecule has 10 heteroatoms. The zero-order chi connectivity index (χ0) is 29.4. The lowest BCUT2D eigenvalue weighted by molar-refractivity contribution is -0.109. The number of hydrogen-bond donors (Lipinski definition) is 3. The van der Waals surface area contributed by atoms with Gasteiger partial charge in [0.25, 0.3) is 5.91 Å². The smallest absolute Gasteiger partial charge is 0.254 e. The van der Waals surface area contributed by atoms with Crippen molar-refractivity contribution in [2.75, 3.05) is 56.1 Å². The molecular weight excluding hydrogens is 542 g/mol. The third kappa shape index (κ3) is 5.58. The predicted octanol–water partition coefficient (Wildman–Crippen LogP) is 3.86. The van der Waals surface area contributed by atoms with E-state index in [9.17, 15) is 9.90 Å². The molecule has 2 aromatic carbocycles. The van der Waals surface area contributed by atoms with E-state index in [0.29, 0.717) is 44.0 Å². The van der Waals surface area contributed by atoms with Crippen LogP contribution in [0.2, 0.25) is 0 Å². The first kappa shape index (κ1) is 27.8. The van der Waals surface area contributed by atoms with Crippen LogP contribution in [0.4, 0.5) is 17.3 Å². The number of carbonyl (C=O) groups excluding carboxylic acids is 1. The summed E-state index contributed by atoms with van der Waals surface area (Å²) >= 11 is 0. The van der Waals surface area contributed by atoms with E-state index in [4.69, 9.17) is 9.72 Å². The average Bonchev–Trinajstić information content (AvgIpc) is 3.45. The second-order valence-corrected chi connectivity index (χ2v) is 12.2. The summed E-state index contributed by atoms with van der Waals surface area (Å²) in [7, 11) is 0. The number of nitrogens with one attached hydrogen (secondary N) is 2.